The molecule has 1 rings (SSSR count). The number of carbonyl (C=O) groups is 1. The minimum Gasteiger partial charge on any atom is -0.483 e. The van der Waals surface area contributed by atoms with E-state index in [0.29, 0.717) is 11.3 Å². The molecule has 0 heterocycles. The zero-order chi connectivity index (χ0) is 15.8. The Hall–Kier alpha value is -1.62. The van der Waals surface area contributed by atoms with Crippen molar-refractivity contribution in [3.8, 4) is 5.75 Å². The fourth-order valence-electron chi connectivity index (χ4n) is 1.97. The molecule has 118 valence electrons. The van der Waals surface area contributed by atoms with Crippen molar-refractivity contribution in [2.45, 2.75) is 46.2 Å². The SMILES string of the molecule is CCNC(C)c1cc(F)ccc1OCC(=O)NC(C)CC. The molecule has 2 unspecified atom stereocenters. The Morgan fingerprint density at radius 2 is 2.05 bits per heavy atom. The van der Waals surface area contributed by atoms with Gasteiger partial charge in [0, 0.05) is 17.6 Å². The summed E-state index contributed by atoms with van der Waals surface area (Å²) in [6.07, 6.45) is 0.866. The Balaban J connectivity index is 2.72. The van der Waals surface area contributed by atoms with Gasteiger partial charge in [-0.05, 0) is 45.0 Å². The van der Waals surface area contributed by atoms with Crippen molar-refractivity contribution in [3.63, 3.8) is 0 Å². The fourth-order valence-corrected chi connectivity index (χ4v) is 1.97. The van der Waals surface area contributed by atoms with Gasteiger partial charge in [-0.1, -0.05) is 13.8 Å². The molecule has 1 aromatic carbocycles. The summed E-state index contributed by atoms with van der Waals surface area (Å²) in [5.41, 5.74) is 0.716. The van der Waals surface area contributed by atoms with Crippen LogP contribution < -0.4 is 15.4 Å². The molecule has 1 amide bonds. The van der Waals surface area contributed by atoms with E-state index in [9.17, 15) is 9.18 Å². The summed E-state index contributed by atoms with van der Waals surface area (Å²) < 4.78 is 18.9. The number of hydrogen-bond acceptors (Lipinski definition) is 3. The van der Waals surface area contributed by atoms with Gasteiger partial charge in [-0.2, -0.15) is 0 Å². The van der Waals surface area contributed by atoms with Crippen LogP contribution in [-0.4, -0.2) is 25.1 Å². The second-order valence-electron chi connectivity index (χ2n) is 5.13. The van der Waals surface area contributed by atoms with Crippen molar-refractivity contribution in [2.24, 2.45) is 0 Å². The molecular formula is C16H25FN2O2. The number of carbonyl (C=O) groups excluding carboxylic acids is 1. The average molecular weight is 296 g/mol. The van der Waals surface area contributed by atoms with Gasteiger partial charge in [-0.25, -0.2) is 4.39 Å². The molecule has 0 bridgehead atoms. The van der Waals surface area contributed by atoms with Gasteiger partial charge in [0.25, 0.3) is 5.91 Å². The van der Waals surface area contributed by atoms with E-state index in [4.69, 9.17) is 4.74 Å². The van der Waals surface area contributed by atoms with Gasteiger partial charge in [0.05, 0.1) is 0 Å². The summed E-state index contributed by atoms with van der Waals surface area (Å²) in [6, 6.07) is 4.42. The molecule has 4 nitrogen and oxygen atoms in total. The van der Waals surface area contributed by atoms with Crippen LogP contribution in [0.25, 0.3) is 0 Å². The van der Waals surface area contributed by atoms with Crippen LogP contribution in [0.2, 0.25) is 0 Å². The Morgan fingerprint density at radius 3 is 2.67 bits per heavy atom. The van der Waals surface area contributed by atoms with Crippen LogP contribution in [-0.2, 0) is 4.79 Å². The Labute approximate surface area is 126 Å². The molecule has 2 atom stereocenters. The first kappa shape index (κ1) is 17.4. The molecule has 5 heteroatoms. The summed E-state index contributed by atoms with van der Waals surface area (Å²) in [7, 11) is 0. The second kappa shape index (κ2) is 8.62. The van der Waals surface area contributed by atoms with Gasteiger partial charge in [0.1, 0.15) is 11.6 Å². The van der Waals surface area contributed by atoms with E-state index >= 15 is 0 Å². The maximum Gasteiger partial charge on any atom is 0.258 e. The van der Waals surface area contributed by atoms with Crippen LogP contribution in [0.4, 0.5) is 4.39 Å². The number of amides is 1. The monoisotopic (exact) mass is 296 g/mol. The highest BCUT2D eigenvalue weighted by Crippen LogP contribution is 2.26. The van der Waals surface area contributed by atoms with E-state index in [1.165, 1.54) is 12.1 Å². The first-order valence-corrected chi connectivity index (χ1v) is 7.42. The molecule has 0 saturated heterocycles. The standard InChI is InChI=1S/C16H25FN2O2/c1-5-11(3)19-16(20)10-21-15-8-7-13(17)9-14(15)12(4)18-6-2/h7-9,11-12,18H,5-6,10H2,1-4H3,(H,19,20). The lowest BCUT2D eigenvalue weighted by Gasteiger charge is -2.18. The summed E-state index contributed by atoms with van der Waals surface area (Å²) in [5, 5.41) is 6.04. The molecule has 0 aliphatic heterocycles. The van der Waals surface area contributed by atoms with Crippen molar-refractivity contribution in [1.29, 1.82) is 0 Å². The van der Waals surface area contributed by atoms with Gasteiger partial charge in [0.15, 0.2) is 6.61 Å². The van der Waals surface area contributed by atoms with Crippen LogP contribution >= 0.6 is 0 Å². The Bertz CT molecular complexity index is 466. The number of nitrogens with one attached hydrogen (secondary N) is 2. The quantitative estimate of drug-likeness (QED) is 0.775. The molecule has 0 radical (unpaired) electrons. The van der Waals surface area contributed by atoms with Crippen LogP contribution in [0.5, 0.6) is 5.75 Å². The molecule has 1 aromatic rings. The van der Waals surface area contributed by atoms with E-state index in [1.807, 2.05) is 27.7 Å². The summed E-state index contributed by atoms with van der Waals surface area (Å²) >= 11 is 0. The van der Waals surface area contributed by atoms with E-state index < -0.39 is 0 Å². The normalized spacial score (nSPS) is 13.6. The van der Waals surface area contributed by atoms with Crippen LogP contribution in [0.15, 0.2) is 18.2 Å². The number of benzene rings is 1. The minimum atomic E-state index is -0.314. The first-order valence-electron chi connectivity index (χ1n) is 7.42. The molecule has 0 saturated carbocycles. The maximum absolute atomic E-state index is 13.4. The highest BCUT2D eigenvalue weighted by Gasteiger charge is 2.14. The molecule has 0 spiro atoms. The lowest BCUT2D eigenvalue weighted by Crippen LogP contribution is -2.35. The smallest absolute Gasteiger partial charge is 0.258 e. The second-order valence-corrected chi connectivity index (χ2v) is 5.13. The van der Waals surface area contributed by atoms with E-state index in [0.717, 1.165) is 13.0 Å². The van der Waals surface area contributed by atoms with Gasteiger partial charge in [0.2, 0.25) is 0 Å². The average Bonchev–Trinajstić information content (AvgIpc) is 2.45. The molecule has 0 aromatic heterocycles. The minimum absolute atomic E-state index is 0.0432. The Kier molecular flexibility index (Phi) is 7.15. The van der Waals surface area contributed by atoms with E-state index in [1.54, 1.807) is 6.07 Å². The largest absolute Gasteiger partial charge is 0.483 e. The number of hydrogen-bond donors (Lipinski definition) is 2. The van der Waals surface area contributed by atoms with Gasteiger partial charge in [-0.3, -0.25) is 4.79 Å². The molecular weight excluding hydrogens is 271 g/mol. The first-order chi connectivity index (χ1) is 9.97. The van der Waals surface area contributed by atoms with Crippen molar-refractivity contribution < 1.29 is 13.9 Å². The zero-order valence-electron chi connectivity index (χ0n) is 13.2. The van der Waals surface area contributed by atoms with E-state index in [-0.39, 0.29) is 30.4 Å². The Morgan fingerprint density at radius 1 is 1.33 bits per heavy atom. The lowest BCUT2D eigenvalue weighted by molar-refractivity contribution is -0.123. The van der Waals surface area contributed by atoms with Crippen molar-refractivity contribution in [2.75, 3.05) is 13.2 Å². The highest BCUT2D eigenvalue weighted by molar-refractivity contribution is 5.77. The van der Waals surface area contributed by atoms with Crippen molar-refractivity contribution >= 4 is 5.91 Å². The summed E-state index contributed by atoms with van der Waals surface area (Å²) in [6.45, 7) is 8.56. The lowest BCUT2D eigenvalue weighted by atomic mass is 10.1. The highest BCUT2D eigenvalue weighted by atomic mass is 19.1. The maximum atomic E-state index is 13.4. The fraction of sp³-hybridized carbons (Fsp3) is 0.562. The van der Waals surface area contributed by atoms with Crippen LogP contribution in [0, 0.1) is 5.82 Å². The molecule has 0 aliphatic rings. The van der Waals surface area contributed by atoms with Crippen LogP contribution in [0.3, 0.4) is 0 Å². The predicted molar refractivity (Wildman–Crippen MR) is 81.9 cm³/mol. The van der Waals surface area contributed by atoms with Gasteiger partial charge in [-0.15, -0.1) is 0 Å². The third-order valence-electron chi connectivity index (χ3n) is 3.33. The third-order valence-corrected chi connectivity index (χ3v) is 3.33. The molecule has 21 heavy (non-hydrogen) atoms. The molecule has 0 fully saturated rings. The summed E-state index contributed by atoms with van der Waals surface area (Å²) in [4.78, 5) is 11.7. The van der Waals surface area contributed by atoms with Crippen LogP contribution in [0.1, 0.15) is 45.7 Å². The number of rotatable bonds is 8. The van der Waals surface area contributed by atoms with Gasteiger partial charge >= 0.3 is 0 Å². The van der Waals surface area contributed by atoms with Crippen molar-refractivity contribution in [1.82, 2.24) is 10.6 Å². The van der Waals surface area contributed by atoms with Gasteiger partial charge < -0.3 is 15.4 Å². The predicted octanol–water partition coefficient (Wildman–Crippen LogP) is 2.79. The summed E-state index contributed by atoms with van der Waals surface area (Å²) in [5.74, 6) is 0.0473. The van der Waals surface area contributed by atoms with E-state index in [2.05, 4.69) is 10.6 Å². The molecule has 0 aliphatic carbocycles. The van der Waals surface area contributed by atoms with Crippen molar-refractivity contribution in [3.05, 3.63) is 29.6 Å². The molecule has 2 N–H and O–H groups in total. The number of ether oxygens (including phenoxy) is 1. The third kappa shape index (κ3) is 5.71. The topological polar surface area (TPSA) is 50.4 Å². The number of halogens is 1. The zero-order valence-corrected chi connectivity index (χ0v) is 13.2.